The zero-order valence-corrected chi connectivity index (χ0v) is 31.3. The van der Waals surface area contributed by atoms with Gasteiger partial charge in [0.15, 0.2) is 5.78 Å². The molecule has 4 fully saturated rings. The topological polar surface area (TPSA) is 110 Å². The van der Waals surface area contributed by atoms with E-state index in [1.165, 1.54) is 0 Å². The van der Waals surface area contributed by atoms with Gasteiger partial charge in [0, 0.05) is 17.5 Å². The molecule has 8 atom stereocenters. The summed E-state index contributed by atoms with van der Waals surface area (Å²) in [5.41, 5.74) is 0.644. The summed E-state index contributed by atoms with van der Waals surface area (Å²) in [5, 5.41) is 12.8. The van der Waals surface area contributed by atoms with Gasteiger partial charge in [0.25, 0.3) is 0 Å². The molecular weight excluding hydrogens is 614 g/mol. The van der Waals surface area contributed by atoms with Gasteiger partial charge in [-0.05, 0) is 128 Å². The molecule has 1 aromatic carbocycles. The van der Waals surface area contributed by atoms with Crippen LogP contribution in [0.15, 0.2) is 41.5 Å². The molecule has 0 aromatic heterocycles. The van der Waals surface area contributed by atoms with Crippen LogP contribution in [0.4, 0.5) is 5.69 Å². The molecule has 5 aliphatic rings. The summed E-state index contributed by atoms with van der Waals surface area (Å²) in [7, 11) is 0. The summed E-state index contributed by atoms with van der Waals surface area (Å²) in [6, 6.07) is 9.65. The maximum atomic E-state index is 14.4. The van der Waals surface area contributed by atoms with E-state index in [2.05, 4.69) is 53.8 Å². The maximum absolute atomic E-state index is 14.4. The number of allylic oxidation sites excluding steroid dienone is 1. The molecule has 1 amide bonds. The molecule has 7 nitrogen and oxygen atoms in total. The van der Waals surface area contributed by atoms with E-state index in [9.17, 15) is 24.3 Å². The zero-order chi connectivity index (χ0) is 35.9. The Balaban J connectivity index is 1.31. The lowest BCUT2D eigenvalue weighted by atomic mass is 9.33. The number of hydrogen-bond acceptors (Lipinski definition) is 5. The average molecular weight is 674 g/mol. The molecule has 4 saturated carbocycles. The number of ketones is 1. The third-order valence-corrected chi connectivity index (χ3v) is 15.3. The van der Waals surface area contributed by atoms with Crippen molar-refractivity contribution in [1.82, 2.24) is 0 Å². The van der Waals surface area contributed by atoms with E-state index in [0.29, 0.717) is 18.3 Å². The molecular formula is C42H59NO6. The molecule has 0 spiro atoms. The van der Waals surface area contributed by atoms with Crippen molar-refractivity contribution < 1.29 is 29.0 Å². The lowest BCUT2D eigenvalue weighted by molar-refractivity contribution is -0.233. The Morgan fingerprint density at radius 1 is 0.898 bits per heavy atom. The fourth-order valence-electron chi connectivity index (χ4n) is 12.5. The predicted molar refractivity (Wildman–Crippen MR) is 190 cm³/mol. The first-order chi connectivity index (χ1) is 22.7. The number of benzene rings is 1. The number of fused-ring (bicyclic) bond motifs is 7. The highest BCUT2D eigenvalue weighted by atomic mass is 16.5. The number of rotatable bonds is 7. The van der Waals surface area contributed by atoms with Gasteiger partial charge in [0.2, 0.25) is 5.91 Å². The van der Waals surface area contributed by atoms with Crippen molar-refractivity contribution in [3.8, 4) is 0 Å². The number of esters is 1. The van der Waals surface area contributed by atoms with Crippen LogP contribution in [0.25, 0.3) is 0 Å². The number of amides is 1. The lowest BCUT2D eigenvalue weighted by Crippen LogP contribution is -2.66. The Bertz CT molecular complexity index is 1570. The second-order valence-corrected chi connectivity index (χ2v) is 18.8. The van der Waals surface area contributed by atoms with Crippen LogP contribution in [-0.2, 0) is 23.9 Å². The summed E-state index contributed by atoms with van der Waals surface area (Å²) in [4.78, 5) is 53.1. The van der Waals surface area contributed by atoms with Gasteiger partial charge < -0.3 is 15.2 Å². The second kappa shape index (κ2) is 11.8. The monoisotopic (exact) mass is 673 g/mol. The molecule has 0 heterocycles. The van der Waals surface area contributed by atoms with Gasteiger partial charge in [-0.2, -0.15) is 0 Å². The molecule has 3 unspecified atom stereocenters. The molecule has 0 radical (unpaired) electrons. The van der Waals surface area contributed by atoms with E-state index in [0.717, 1.165) is 61.8 Å². The van der Waals surface area contributed by atoms with Crippen molar-refractivity contribution in [2.24, 2.45) is 56.2 Å². The van der Waals surface area contributed by atoms with E-state index in [1.807, 2.05) is 30.3 Å². The molecule has 49 heavy (non-hydrogen) atoms. The van der Waals surface area contributed by atoms with Crippen LogP contribution in [0, 0.1) is 56.2 Å². The number of carboxylic acids is 1. The van der Waals surface area contributed by atoms with Gasteiger partial charge in [-0.15, -0.1) is 0 Å². The summed E-state index contributed by atoms with van der Waals surface area (Å²) < 4.78 is 6.14. The molecule has 5 aliphatic carbocycles. The number of Topliss-reactive ketones (excluding diaryl/α,β-unsaturated/α-hetero) is 1. The van der Waals surface area contributed by atoms with E-state index in [4.69, 9.17) is 4.74 Å². The van der Waals surface area contributed by atoms with Crippen molar-refractivity contribution >= 4 is 29.3 Å². The van der Waals surface area contributed by atoms with Gasteiger partial charge >= 0.3 is 11.9 Å². The number of anilines is 1. The molecule has 7 heteroatoms. The van der Waals surface area contributed by atoms with Crippen LogP contribution < -0.4 is 5.32 Å². The second-order valence-electron chi connectivity index (χ2n) is 18.8. The number of carboxylic acid groups (broad SMARTS) is 1. The van der Waals surface area contributed by atoms with Gasteiger partial charge in [0.1, 0.15) is 6.10 Å². The van der Waals surface area contributed by atoms with Crippen molar-refractivity contribution in [2.45, 2.75) is 133 Å². The van der Waals surface area contributed by atoms with Gasteiger partial charge in [-0.3, -0.25) is 19.2 Å². The number of nitrogens with one attached hydrogen (secondary N) is 1. The zero-order valence-electron chi connectivity index (χ0n) is 31.3. The first-order valence-electron chi connectivity index (χ1n) is 18.8. The molecule has 0 aliphatic heterocycles. The molecule has 6 rings (SSSR count). The van der Waals surface area contributed by atoms with Crippen LogP contribution in [0.2, 0.25) is 0 Å². The summed E-state index contributed by atoms with van der Waals surface area (Å²) >= 11 is 0. The normalized spacial score (nSPS) is 38.2. The summed E-state index contributed by atoms with van der Waals surface area (Å²) in [5.74, 6) is -0.227. The largest absolute Gasteiger partial charge is 0.481 e. The molecule has 0 bridgehead atoms. The van der Waals surface area contributed by atoms with Crippen molar-refractivity contribution in [3.63, 3.8) is 0 Å². The molecule has 0 saturated heterocycles. The Kier molecular flexibility index (Phi) is 8.63. The Morgan fingerprint density at radius 2 is 1.57 bits per heavy atom. The minimum Gasteiger partial charge on any atom is -0.481 e. The first-order valence-corrected chi connectivity index (χ1v) is 18.8. The fraction of sp³-hybridized carbons (Fsp3) is 0.714. The third-order valence-electron chi connectivity index (χ3n) is 15.3. The molecule has 2 N–H and O–H groups in total. The van der Waals surface area contributed by atoms with Crippen LogP contribution in [0.5, 0.6) is 0 Å². The van der Waals surface area contributed by atoms with Gasteiger partial charge in [0.05, 0.1) is 17.3 Å². The van der Waals surface area contributed by atoms with E-state index >= 15 is 0 Å². The van der Waals surface area contributed by atoms with Gasteiger partial charge in [-0.1, -0.05) is 66.7 Å². The highest BCUT2D eigenvalue weighted by Gasteiger charge is 2.71. The number of aliphatic carboxylic acids is 1. The minimum atomic E-state index is -1.17. The SMILES string of the molecule is CC(C)C1=C2C3CCC4[C@@]5(C)CC[C@H](OC(=O)CC(C)(C)C(=O)O)C(C)(C)C5CC[C@@]4(C)[C@]3(C)CC[C@@]2(C(=O)Nc2ccccc2)CC1=O. The van der Waals surface area contributed by atoms with Crippen LogP contribution in [0.3, 0.4) is 0 Å². The third kappa shape index (κ3) is 5.25. The number of carbonyl (C=O) groups excluding carboxylic acids is 3. The van der Waals surface area contributed by atoms with Crippen molar-refractivity contribution in [1.29, 1.82) is 0 Å². The first kappa shape index (κ1) is 35.9. The van der Waals surface area contributed by atoms with Crippen molar-refractivity contribution in [2.75, 3.05) is 5.32 Å². The molecule has 268 valence electrons. The predicted octanol–water partition coefficient (Wildman–Crippen LogP) is 9.02. The number of ether oxygens (including phenoxy) is 1. The lowest BCUT2D eigenvalue weighted by Gasteiger charge is -2.72. The number of carbonyl (C=O) groups is 4. The number of para-hydroxylation sites is 1. The smallest absolute Gasteiger partial charge is 0.309 e. The van der Waals surface area contributed by atoms with Gasteiger partial charge in [-0.25, -0.2) is 0 Å². The average Bonchev–Trinajstić information content (AvgIpc) is 3.32. The quantitative estimate of drug-likeness (QED) is 0.280. The van der Waals surface area contributed by atoms with E-state index in [-0.39, 0.29) is 64.1 Å². The molecule has 1 aromatic rings. The number of hydrogen-bond donors (Lipinski definition) is 2. The highest BCUT2D eigenvalue weighted by Crippen LogP contribution is 2.76. The maximum Gasteiger partial charge on any atom is 0.309 e. The standard InChI is InChI=1S/C42H59NO6/c1-25(2)33-28(44)23-42(35(46)43-26-13-11-10-12-14-26)22-21-40(8)27(34(33)42)15-16-30-39(7)19-18-31(49-32(45)24-37(3,4)36(47)48)38(5,6)29(39)17-20-41(30,40)9/h10-14,25,27,29-31H,15-24H2,1-9H3,(H,43,46)(H,47,48)/t27?,29?,30?,31-,39-,40+,41+,42+/m0/s1. The Morgan fingerprint density at radius 3 is 2.20 bits per heavy atom. The summed E-state index contributed by atoms with van der Waals surface area (Å²) in [6.07, 6.45) is 7.34. The minimum absolute atomic E-state index is 0.0229. The Hall–Kier alpha value is -2.96. The van der Waals surface area contributed by atoms with Crippen LogP contribution >= 0.6 is 0 Å². The summed E-state index contributed by atoms with van der Waals surface area (Å²) in [6.45, 7) is 19.4. The van der Waals surface area contributed by atoms with Crippen molar-refractivity contribution in [3.05, 3.63) is 41.5 Å². The Labute approximate surface area is 293 Å². The van der Waals surface area contributed by atoms with Crippen LogP contribution in [0.1, 0.15) is 127 Å². The van der Waals surface area contributed by atoms with E-state index in [1.54, 1.807) is 13.8 Å². The van der Waals surface area contributed by atoms with Crippen LogP contribution in [-0.4, -0.2) is 34.8 Å². The fourth-order valence-corrected chi connectivity index (χ4v) is 12.5. The van der Waals surface area contributed by atoms with E-state index < -0.39 is 22.8 Å². The highest BCUT2D eigenvalue weighted by molar-refractivity contribution is 6.10.